The molecular formula is C11H23IN2. The standard InChI is InChI=1S/C11H23IN2/c1-10(2,3)14-7-9(8-14)13(6)11(4,5)12/h9H,7-8H2,1-6H3. The summed E-state index contributed by atoms with van der Waals surface area (Å²) in [5, 5.41) is 0. The second-order valence-corrected chi connectivity index (χ2v) is 8.39. The zero-order chi connectivity index (χ0) is 11.1. The quantitative estimate of drug-likeness (QED) is 0.439. The van der Waals surface area contributed by atoms with Crippen LogP contribution in [0.5, 0.6) is 0 Å². The van der Waals surface area contributed by atoms with E-state index in [4.69, 9.17) is 0 Å². The average Bonchev–Trinajstić information content (AvgIpc) is 1.77. The van der Waals surface area contributed by atoms with E-state index < -0.39 is 0 Å². The molecule has 0 aromatic heterocycles. The van der Waals surface area contributed by atoms with Gasteiger partial charge < -0.3 is 0 Å². The summed E-state index contributed by atoms with van der Waals surface area (Å²) >= 11 is 2.51. The lowest BCUT2D eigenvalue weighted by atomic mass is 9.96. The maximum absolute atomic E-state index is 2.54. The van der Waals surface area contributed by atoms with Gasteiger partial charge in [-0.05, 0) is 41.7 Å². The van der Waals surface area contributed by atoms with Gasteiger partial charge in [-0.1, -0.05) is 22.6 Å². The van der Waals surface area contributed by atoms with E-state index in [2.05, 4.69) is 74.1 Å². The van der Waals surface area contributed by atoms with Crippen LogP contribution in [0.2, 0.25) is 0 Å². The van der Waals surface area contributed by atoms with Crippen LogP contribution in [-0.2, 0) is 0 Å². The first-order chi connectivity index (χ1) is 6.12. The molecule has 0 aromatic rings. The van der Waals surface area contributed by atoms with E-state index in [1.54, 1.807) is 0 Å². The van der Waals surface area contributed by atoms with E-state index >= 15 is 0 Å². The van der Waals surface area contributed by atoms with Crippen LogP contribution < -0.4 is 0 Å². The number of likely N-dealkylation sites (N-methyl/N-ethyl adjacent to an activating group) is 1. The van der Waals surface area contributed by atoms with E-state index in [9.17, 15) is 0 Å². The maximum atomic E-state index is 2.54. The molecule has 84 valence electrons. The maximum Gasteiger partial charge on any atom is 0.0674 e. The molecule has 1 heterocycles. The van der Waals surface area contributed by atoms with Crippen molar-refractivity contribution >= 4 is 22.6 Å². The summed E-state index contributed by atoms with van der Waals surface area (Å²) in [6.07, 6.45) is 0. The SMILES string of the molecule is CN(C1CN(C(C)(C)C)C1)C(C)(C)I. The van der Waals surface area contributed by atoms with Crippen molar-refractivity contribution in [2.75, 3.05) is 20.1 Å². The van der Waals surface area contributed by atoms with Crippen molar-refractivity contribution in [3.05, 3.63) is 0 Å². The molecule has 0 radical (unpaired) electrons. The van der Waals surface area contributed by atoms with Crippen LogP contribution in [-0.4, -0.2) is 45.1 Å². The van der Waals surface area contributed by atoms with Crippen molar-refractivity contribution in [3.63, 3.8) is 0 Å². The van der Waals surface area contributed by atoms with E-state index in [0.717, 1.165) is 6.04 Å². The lowest BCUT2D eigenvalue weighted by Crippen LogP contribution is -2.66. The van der Waals surface area contributed by atoms with Gasteiger partial charge in [0.2, 0.25) is 0 Å². The minimum atomic E-state index is 0.270. The van der Waals surface area contributed by atoms with Crippen LogP contribution in [0.25, 0.3) is 0 Å². The fourth-order valence-corrected chi connectivity index (χ4v) is 2.08. The van der Waals surface area contributed by atoms with Gasteiger partial charge in [-0.2, -0.15) is 0 Å². The molecule has 0 bridgehead atoms. The minimum absolute atomic E-state index is 0.270. The molecule has 0 saturated carbocycles. The van der Waals surface area contributed by atoms with Gasteiger partial charge >= 0.3 is 0 Å². The Labute approximate surface area is 102 Å². The fourth-order valence-electron chi connectivity index (χ4n) is 1.68. The van der Waals surface area contributed by atoms with Crippen LogP contribution in [0.15, 0.2) is 0 Å². The minimum Gasteiger partial charge on any atom is -0.295 e. The lowest BCUT2D eigenvalue weighted by Gasteiger charge is -2.53. The monoisotopic (exact) mass is 310 g/mol. The van der Waals surface area contributed by atoms with Gasteiger partial charge in [0.05, 0.1) is 3.55 Å². The second-order valence-electron chi connectivity index (χ2n) is 5.75. The van der Waals surface area contributed by atoms with Gasteiger partial charge in [-0.3, -0.25) is 9.80 Å². The Morgan fingerprint density at radius 3 is 1.86 bits per heavy atom. The fraction of sp³-hybridized carbons (Fsp3) is 1.00. The Morgan fingerprint density at radius 1 is 1.14 bits per heavy atom. The molecular weight excluding hydrogens is 287 g/mol. The molecule has 1 aliphatic heterocycles. The van der Waals surface area contributed by atoms with E-state index in [0.29, 0.717) is 5.54 Å². The van der Waals surface area contributed by atoms with Crippen molar-refractivity contribution in [2.45, 2.75) is 49.7 Å². The summed E-state index contributed by atoms with van der Waals surface area (Å²) < 4.78 is 0.270. The summed E-state index contributed by atoms with van der Waals surface area (Å²) in [4.78, 5) is 5.02. The molecule has 0 spiro atoms. The predicted octanol–water partition coefficient (Wildman–Crippen LogP) is 2.57. The Morgan fingerprint density at radius 2 is 1.57 bits per heavy atom. The van der Waals surface area contributed by atoms with Crippen molar-refractivity contribution in [1.29, 1.82) is 0 Å². The van der Waals surface area contributed by atoms with Crippen LogP contribution >= 0.6 is 22.6 Å². The van der Waals surface area contributed by atoms with E-state index in [1.807, 2.05) is 0 Å². The molecule has 1 saturated heterocycles. The predicted molar refractivity (Wildman–Crippen MR) is 71.0 cm³/mol. The van der Waals surface area contributed by atoms with Gasteiger partial charge in [0.1, 0.15) is 0 Å². The van der Waals surface area contributed by atoms with Gasteiger partial charge in [0.15, 0.2) is 0 Å². The molecule has 0 aromatic carbocycles. The largest absolute Gasteiger partial charge is 0.295 e. The first kappa shape index (κ1) is 12.7. The van der Waals surface area contributed by atoms with Crippen LogP contribution in [0.1, 0.15) is 34.6 Å². The first-order valence-electron chi connectivity index (χ1n) is 5.29. The molecule has 1 rings (SSSR count). The highest BCUT2D eigenvalue weighted by molar-refractivity contribution is 14.1. The van der Waals surface area contributed by atoms with Crippen LogP contribution in [0.3, 0.4) is 0 Å². The third kappa shape index (κ3) is 2.83. The Bertz CT molecular complexity index is 196. The first-order valence-corrected chi connectivity index (χ1v) is 6.37. The summed E-state index contributed by atoms with van der Waals surface area (Å²) in [5.41, 5.74) is 0.340. The van der Waals surface area contributed by atoms with Crippen LogP contribution in [0, 0.1) is 0 Å². The van der Waals surface area contributed by atoms with E-state index in [-0.39, 0.29) is 3.55 Å². The molecule has 3 heteroatoms. The molecule has 2 nitrogen and oxygen atoms in total. The van der Waals surface area contributed by atoms with Gasteiger partial charge in [0.25, 0.3) is 0 Å². The highest BCUT2D eigenvalue weighted by Crippen LogP contribution is 2.30. The molecule has 1 aliphatic rings. The zero-order valence-corrected chi connectivity index (χ0v) is 12.4. The van der Waals surface area contributed by atoms with Crippen molar-refractivity contribution in [1.82, 2.24) is 9.80 Å². The molecule has 0 N–H and O–H groups in total. The summed E-state index contributed by atoms with van der Waals surface area (Å²) in [7, 11) is 2.23. The number of likely N-dealkylation sites (tertiary alicyclic amines) is 1. The number of nitrogens with zero attached hydrogens (tertiary/aromatic N) is 2. The third-order valence-corrected chi connectivity index (χ3v) is 3.96. The number of alkyl halides is 1. The highest BCUT2D eigenvalue weighted by atomic mass is 127. The van der Waals surface area contributed by atoms with Crippen LogP contribution in [0.4, 0.5) is 0 Å². The zero-order valence-electron chi connectivity index (χ0n) is 10.3. The average molecular weight is 310 g/mol. The molecule has 1 fully saturated rings. The molecule has 14 heavy (non-hydrogen) atoms. The van der Waals surface area contributed by atoms with Gasteiger partial charge in [-0.25, -0.2) is 0 Å². The van der Waals surface area contributed by atoms with Crippen molar-refractivity contribution < 1.29 is 0 Å². The molecule has 0 atom stereocenters. The normalized spacial score (nSPS) is 21.4. The highest BCUT2D eigenvalue weighted by Gasteiger charge is 2.39. The number of rotatable bonds is 2. The number of halogens is 1. The van der Waals surface area contributed by atoms with E-state index in [1.165, 1.54) is 13.1 Å². The van der Waals surface area contributed by atoms with Crippen molar-refractivity contribution in [2.24, 2.45) is 0 Å². The lowest BCUT2D eigenvalue weighted by molar-refractivity contribution is -0.0252. The Hall–Kier alpha value is 0.650. The molecule has 0 amide bonds. The van der Waals surface area contributed by atoms with Gasteiger partial charge in [-0.15, -0.1) is 0 Å². The Kier molecular flexibility index (Phi) is 3.55. The second kappa shape index (κ2) is 3.91. The number of hydrogen-bond acceptors (Lipinski definition) is 2. The van der Waals surface area contributed by atoms with Gasteiger partial charge in [0, 0.05) is 24.7 Å². The summed E-state index contributed by atoms with van der Waals surface area (Å²) in [5.74, 6) is 0. The number of hydrogen-bond donors (Lipinski definition) is 0. The van der Waals surface area contributed by atoms with Crippen molar-refractivity contribution in [3.8, 4) is 0 Å². The molecule has 0 unspecified atom stereocenters. The summed E-state index contributed by atoms with van der Waals surface area (Å²) in [6.45, 7) is 13.8. The smallest absolute Gasteiger partial charge is 0.0674 e. The molecule has 0 aliphatic carbocycles. The third-order valence-electron chi connectivity index (χ3n) is 3.20. The topological polar surface area (TPSA) is 6.48 Å². The Balaban J connectivity index is 2.42. The summed E-state index contributed by atoms with van der Waals surface area (Å²) in [6, 6.07) is 0.737.